The fourth-order valence-electron chi connectivity index (χ4n) is 8.43. The number of hydrogen-bond donors (Lipinski definition) is 0. The fourth-order valence-corrected chi connectivity index (χ4v) is 8.79. The molecule has 0 spiro atoms. The first kappa shape index (κ1) is 29.0. The van der Waals surface area contributed by atoms with E-state index in [1.54, 1.807) is 0 Å². The van der Waals surface area contributed by atoms with E-state index in [0.29, 0.717) is 0 Å². The molecular formula is C46H34BrN. The van der Waals surface area contributed by atoms with Crippen LogP contribution >= 0.6 is 15.9 Å². The molecule has 0 heterocycles. The Morgan fingerprint density at radius 1 is 0.396 bits per heavy atom. The second kappa shape index (κ2) is 10.9. The Bertz CT molecular complexity index is 2280. The summed E-state index contributed by atoms with van der Waals surface area (Å²) in [4.78, 5) is 2.43. The van der Waals surface area contributed by atoms with E-state index in [9.17, 15) is 0 Å². The summed E-state index contributed by atoms with van der Waals surface area (Å²) < 4.78 is 1.12. The molecule has 0 saturated heterocycles. The van der Waals surface area contributed by atoms with E-state index in [0.717, 1.165) is 21.5 Å². The van der Waals surface area contributed by atoms with Gasteiger partial charge in [0.1, 0.15) is 0 Å². The van der Waals surface area contributed by atoms with Gasteiger partial charge in [-0.15, -0.1) is 0 Å². The minimum atomic E-state index is -0.457. The standard InChI is InChI=1S/C46H34BrN/c1-45(2)42-28-33(47)22-25-38(42)39-26-23-35(29-43(39)45)48(34-18-10-5-11-19-34)36-24-27-40-37-20-12-13-21-41(37)46(44(40)30-36,31-14-6-3-7-15-31)32-16-8-4-9-17-32/h3-30H,1-2H3. The lowest BCUT2D eigenvalue weighted by atomic mass is 9.67. The van der Waals surface area contributed by atoms with Crippen LogP contribution in [0.25, 0.3) is 22.3 Å². The molecular weight excluding hydrogens is 646 g/mol. The highest BCUT2D eigenvalue weighted by Crippen LogP contribution is 2.57. The van der Waals surface area contributed by atoms with Crippen LogP contribution in [0.5, 0.6) is 0 Å². The van der Waals surface area contributed by atoms with Crippen molar-refractivity contribution in [1.82, 2.24) is 0 Å². The van der Waals surface area contributed by atoms with Crippen molar-refractivity contribution in [3.8, 4) is 22.3 Å². The predicted molar refractivity (Wildman–Crippen MR) is 204 cm³/mol. The maximum Gasteiger partial charge on any atom is 0.0714 e. The van der Waals surface area contributed by atoms with Crippen LogP contribution in [-0.2, 0) is 10.8 Å². The van der Waals surface area contributed by atoms with Crippen molar-refractivity contribution >= 4 is 33.0 Å². The molecule has 2 aliphatic carbocycles. The molecule has 0 unspecified atom stereocenters. The molecule has 0 aliphatic heterocycles. The van der Waals surface area contributed by atoms with Gasteiger partial charge in [0, 0.05) is 26.9 Å². The van der Waals surface area contributed by atoms with Crippen molar-refractivity contribution in [2.75, 3.05) is 4.90 Å². The van der Waals surface area contributed by atoms with E-state index in [2.05, 4.69) is 205 Å². The summed E-state index contributed by atoms with van der Waals surface area (Å²) >= 11 is 3.73. The number of hydrogen-bond acceptors (Lipinski definition) is 1. The molecule has 0 fully saturated rings. The van der Waals surface area contributed by atoms with Crippen LogP contribution in [0.4, 0.5) is 17.1 Å². The van der Waals surface area contributed by atoms with Crippen molar-refractivity contribution in [2.45, 2.75) is 24.7 Å². The number of halogens is 1. The third-order valence-corrected chi connectivity index (χ3v) is 11.1. The molecule has 7 aromatic carbocycles. The highest BCUT2D eigenvalue weighted by Gasteiger charge is 2.46. The number of benzene rings is 7. The first-order valence-electron chi connectivity index (χ1n) is 16.6. The lowest BCUT2D eigenvalue weighted by Crippen LogP contribution is -2.28. The number of rotatable bonds is 5. The molecule has 0 saturated carbocycles. The molecule has 9 rings (SSSR count). The lowest BCUT2D eigenvalue weighted by Gasteiger charge is -2.35. The Labute approximate surface area is 291 Å². The Kier molecular flexibility index (Phi) is 6.61. The van der Waals surface area contributed by atoms with Gasteiger partial charge in [0.25, 0.3) is 0 Å². The Morgan fingerprint density at radius 3 is 1.48 bits per heavy atom. The lowest BCUT2D eigenvalue weighted by molar-refractivity contribution is 0.660. The van der Waals surface area contributed by atoms with Gasteiger partial charge in [-0.05, 0) is 104 Å². The molecule has 230 valence electrons. The van der Waals surface area contributed by atoms with Crippen LogP contribution in [-0.4, -0.2) is 0 Å². The predicted octanol–water partition coefficient (Wildman–Crippen LogP) is 12.6. The smallest absolute Gasteiger partial charge is 0.0714 e. The van der Waals surface area contributed by atoms with Gasteiger partial charge >= 0.3 is 0 Å². The summed E-state index contributed by atoms with van der Waals surface area (Å²) in [5.74, 6) is 0. The molecule has 0 radical (unpaired) electrons. The largest absolute Gasteiger partial charge is 0.310 e. The average molecular weight is 681 g/mol. The van der Waals surface area contributed by atoms with E-state index in [1.165, 1.54) is 55.6 Å². The summed E-state index contributed by atoms with van der Waals surface area (Å²) in [5.41, 5.74) is 15.9. The fraction of sp³-hybridized carbons (Fsp3) is 0.0870. The topological polar surface area (TPSA) is 3.24 Å². The molecule has 2 aliphatic rings. The number of anilines is 3. The molecule has 0 bridgehead atoms. The van der Waals surface area contributed by atoms with Gasteiger partial charge in [-0.3, -0.25) is 0 Å². The summed E-state index contributed by atoms with van der Waals surface area (Å²) in [6.45, 7) is 4.70. The number of para-hydroxylation sites is 1. The molecule has 48 heavy (non-hydrogen) atoms. The maximum atomic E-state index is 3.73. The molecule has 0 N–H and O–H groups in total. The van der Waals surface area contributed by atoms with E-state index in [4.69, 9.17) is 0 Å². The summed E-state index contributed by atoms with van der Waals surface area (Å²) in [7, 11) is 0. The Balaban J connectivity index is 1.29. The first-order chi connectivity index (χ1) is 23.5. The van der Waals surface area contributed by atoms with Crippen molar-refractivity contribution in [1.29, 1.82) is 0 Å². The summed E-state index contributed by atoms with van der Waals surface area (Å²) in [5, 5.41) is 0. The normalized spacial score (nSPS) is 14.5. The minimum absolute atomic E-state index is 0.123. The number of fused-ring (bicyclic) bond motifs is 6. The van der Waals surface area contributed by atoms with Crippen molar-refractivity contribution in [3.05, 3.63) is 208 Å². The van der Waals surface area contributed by atoms with Crippen LogP contribution in [0.15, 0.2) is 174 Å². The second-order valence-corrected chi connectivity index (χ2v) is 14.4. The van der Waals surface area contributed by atoms with Crippen LogP contribution in [0.1, 0.15) is 47.2 Å². The van der Waals surface area contributed by atoms with Crippen LogP contribution in [0.3, 0.4) is 0 Å². The van der Waals surface area contributed by atoms with Gasteiger partial charge in [0.05, 0.1) is 5.41 Å². The molecule has 1 nitrogen and oxygen atoms in total. The monoisotopic (exact) mass is 679 g/mol. The second-order valence-electron chi connectivity index (χ2n) is 13.5. The van der Waals surface area contributed by atoms with Gasteiger partial charge in [0.15, 0.2) is 0 Å². The van der Waals surface area contributed by atoms with Crippen molar-refractivity contribution in [2.24, 2.45) is 0 Å². The Morgan fingerprint density at radius 2 is 0.854 bits per heavy atom. The first-order valence-corrected chi connectivity index (χ1v) is 17.4. The third-order valence-electron chi connectivity index (χ3n) is 10.6. The zero-order chi connectivity index (χ0) is 32.5. The number of nitrogens with zero attached hydrogens (tertiary/aromatic N) is 1. The van der Waals surface area contributed by atoms with Gasteiger partial charge in [0.2, 0.25) is 0 Å². The van der Waals surface area contributed by atoms with E-state index < -0.39 is 5.41 Å². The summed E-state index contributed by atoms with van der Waals surface area (Å²) in [6, 6.07) is 62.7. The quantitative estimate of drug-likeness (QED) is 0.175. The molecule has 0 aromatic heterocycles. The van der Waals surface area contributed by atoms with E-state index >= 15 is 0 Å². The van der Waals surface area contributed by atoms with Gasteiger partial charge < -0.3 is 4.90 Å². The van der Waals surface area contributed by atoms with Crippen molar-refractivity contribution in [3.63, 3.8) is 0 Å². The van der Waals surface area contributed by atoms with Crippen molar-refractivity contribution < 1.29 is 0 Å². The van der Waals surface area contributed by atoms with Crippen LogP contribution < -0.4 is 4.90 Å². The highest BCUT2D eigenvalue weighted by molar-refractivity contribution is 9.10. The maximum absolute atomic E-state index is 3.73. The van der Waals surface area contributed by atoms with Crippen LogP contribution in [0.2, 0.25) is 0 Å². The third kappa shape index (κ3) is 4.15. The van der Waals surface area contributed by atoms with Gasteiger partial charge in [-0.2, -0.15) is 0 Å². The zero-order valence-corrected chi connectivity index (χ0v) is 28.6. The SMILES string of the molecule is CC1(C)c2cc(Br)ccc2-c2ccc(N(c3ccccc3)c3ccc4c(c3)C(c3ccccc3)(c3ccccc3)c3ccccc3-4)cc21. The van der Waals surface area contributed by atoms with Gasteiger partial charge in [-0.25, -0.2) is 0 Å². The highest BCUT2D eigenvalue weighted by atomic mass is 79.9. The van der Waals surface area contributed by atoms with E-state index in [-0.39, 0.29) is 5.41 Å². The van der Waals surface area contributed by atoms with E-state index in [1.807, 2.05) is 0 Å². The molecule has 7 aromatic rings. The minimum Gasteiger partial charge on any atom is -0.310 e. The average Bonchev–Trinajstić information content (AvgIpc) is 3.55. The summed E-state index contributed by atoms with van der Waals surface area (Å²) in [6.07, 6.45) is 0. The van der Waals surface area contributed by atoms with Gasteiger partial charge in [-0.1, -0.05) is 151 Å². The Hall–Kier alpha value is -5.18. The molecule has 2 heteroatoms. The zero-order valence-electron chi connectivity index (χ0n) is 27.0. The van der Waals surface area contributed by atoms with Crippen LogP contribution in [0, 0.1) is 0 Å². The molecule has 0 amide bonds. The molecule has 0 atom stereocenters.